The Labute approximate surface area is 542 Å². The molecule has 16 heteroatoms. The van der Waals surface area contributed by atoms with Gasteiger partial charge in [-0.3, -0.25) is 9.80 Å². The van der Waals surface area contributed by atoms with Crippen molar-refractivity contribution in [2.75, 3.05) is 72.6 Å². The zero-order valence-electron chi connectivity index (χ0n) is 52.6. The van der Waals surface area contributed by atoms with E-state index in [2.05, 4.69) is 91.3 Å². The van der Waals surface area contributed by atoms with E-state index in [0.717, 1.165) is 100 Å². The first-order valence-corrected chi connectivity index (χ1v) is 32.2. The summed E-state index contributed by atoms with van der Waals surface area (Å²) >= 11 is 0. The SMILES string of the molecule is C=C(F)C(=O)OCCOCCOc1ccc(COc2ccc3cc(C(=O)OCCc4ccc(OC(=O)c5ccc(CCCCOC(=O)C6CC7C=CC6C7)cc5)cc4)ccc3c2/C=N/N(CCCCOCC2(C)COC2)C2c3ccccc3C=Cc3ccccc32)cc1. The van der Waals surface area contributed by atoms with E-state index in [0.29, 0.717) is 86.2 Å². The monoisotopic (exact) mass is 1260 g/mol. The summed E-state index contributed by atoms with van der Waals surface area (Å²) in [5, 5.41) is 9.20. The number of halogens is 1. The number of ether oxygens (including phenoxy) is 9. The van der Waals surface area contributed by atoms with Gasteiger partial charge < -0.3 is 42.6 Å². The van der Waals surface area contributed by atoms with Crippen LogP contribution in [0.5, 0.6) is 17.2 Å². The first kappa shape index (κ1) is 65.3. The third kappa shape index (κ3) is 17.7. The fraction of sp³-hybridized carbons (Fsp3) is 0.338. The Morgan fingerprint density at radius 3 is 2.03 bits per heavy atom. The lowest BCUT2D eigenvalue weighted by atomic mass is 9.90. The third-order valence-corrected chi connectivity index (χ3v) is 17.3. The van der Waals surface area contributed by atoms with Gasteiger partial charge in [-0.15, -0.1) is 0 Å². The minimum Gasteiger partial charge on any atom is -0.491 e. The summed E-state index contributed by atoms with van der Waals surface area (Å²) in [5.74, 6) is -0.765. The molecular weight excluding hydrogens is 1180 g/mol. The van der Waals surface area contributed by atoms with Crippen LogP contribution >= 0.6 is 0 Å². The van der Waals surface area contributed by atoms with Crippen LogP contribution in [0.3, 0.4) is 0 Å². The molecule has 0 N–H and O–H groups in total. The maximum absolute atomic E-state index is 13.8. The Morgan fingerprint density at radius 1 is 0.634 bits per heavy atom. The van der Waals surface area contributed by atoms with Crippen molar-refractivity contribution in [1.29, 1.82) is 0 Å². The largest absolute Gasteiger partial charge is 0.491 e. The summed E-state index contributed by atoms with van der Waals surface area (Å²) in [6, 6.07) is 48.1. The molecule has 0 aromatic heterocycles. The van der Waals surface area contributed by atoms with Gasteiger partial charge in [0.1, 0.15) is 37.1 Å². The second kappa shape index (κ2) is 31.9. The number of hydrogen-bond donors (Lipinski definition) is 0. The molecule has 0 radical (unpaired) electrons. The number of hydrazone groups is 1. The molecule has 3 unspecified atom stereocenters. The predicted molar refractivity (Wildman–Crippen MR) is 354 cm³/mol. The van der Waals surface area contributed by atoms with Gasteiger partial charge in [0, 0.05) is 30.6 Å². The maximum atomic E-state index is 13.8. The van der Waals surface area contributed by atoms with E-state index >= 15 is 0 Å². The van der Waals surface area contributed by atoms with Crippen molar-refractivity contribution in [2.24, 2.45) is 28.3 Å². The van der Waals surface area contributed by atoms with Crippen LogP contribution in [0.4, 0.5) is 4.39 Å². The minimum atomic E-state index is -1.16. The van der Waals surface area contributed by atoms with Crippen LogP contribution in [0.25, 0.3) is 22.9 Å². The van der Waals surface area contributed by atoms with Crippen LogP contribution in [0.15, 0.2) is 181 Å². The molecule has 11 rings (SSSR count). The lowest BCUT2D eigenvalue weighted by Gasteiger charge is -2.37. The Bertz CT molecular complexity index is 3770. The van der Waals surface area contributed by atoms with E-state index in [1.165, 1.54) is 0 Å². The summed E-state index contributed by atoms with van der Waals surface area (Å²) in [6.07, 6.45) is 17.1. The number of allylic oxidation sites excluding steroid dienone is 2. The van der Waals surface area contributed by atoms with E-state index in [4.69, 9.17) is 47.7 Å². The fourth-order valence-electron chi connectivity index (χ4n) is 12.2. The molecule has 3 atom stereocenters. The highest BCUT2D eigenvalue weighted by Gasteiger charge is 2.41. The van der Waals surface area contributed by atoms with Crippen molar-refractivity contribution < 1.29 is 66.2 Å². The van der Waals surface area contributed by atoms with Crippen LogP contribution in [0, 0.1) is 23.2 Å². The molecule has 93 heavy (non-hydrogen) atoms. The van der Waals surface area contributed by atoms with Crippen molar-refractivity contribution in [3.63, 3.8) is 0 Å². The van der Waals surface area contributed by atoms with Gasteiger partial charge in [0.25, 0.3) is 0 Å². The smallest absolute Gasteiger partial charge is 0.366 e. The second-order valence-electron chi connectivity index (χ2n) is 24.4. The summed E-state index contributed by atoms with van der Waals surface area (Å²) in [7, 11) is 0. The standard InChI is InChI=1S/C77H79FN2O13/c1-53(78)73(81)91-44-42-85-41-43-88-64-30-21-56(22-31-64)49-92-71-35-29-62-47-63(74(82)90-40-36-55-19-32-65(33-20-55)93-75(83)60-23-16-54(17-24-60)11-7-9-39-89-76(84)69-46-57-18-25-61(69)45-57)28-34-66(62)70(71)48-79-80(37-8-10-38-86-50-77(2)51-87-52-77)72-67-14-5-3-12-58(67)26-27-59-13-4-6-15-68(59)72/h3-6,12-35,47-48,57,61,69,72H,1,7-11,36-46,49-52H2,2H3/b79-48+. The van der Waals surface area contributed by atoms with Crippen LogP contribution < -0.4 is 14.2 Å². The molecule has 2 fully saturated rings. The van der Waals surface area contributed by atoms with Gasteiger partial charge in [0.15, 0.2) is 0 Å². The molecule has 0 amide bonds. The van der Waals surface area contributed by atoms with E-state index in [1.54, 1.807) is 30.3 Å². The van der Waals surface area contributed by atoms with E-state index in [9.17, 15) is 23.6 Å². The molecule has 1 saturated carbocycles. The van der Waals surface area contributed by atoms with Gasteiger partial charge in [-0.1, -0.05) is 135 Å². The number of benzene rings is 7. The summed E-state index contributed by atoms with van der Waals surface area (Å²) in [5.41, 5.74) is 8.97. The van der Waals surface area contributed by atoms with E-state index in [1.807, 2.05) is 79.0 Å². The number of rotatable bonds is 33. The molecule has 2 bridgehead atoms. The molecule has 482 valence electrons. The highest BCUT2D eigenvalue weighted by Crippen LogP contribution is 2.44. The van der Waals surface area contributed by atoms with Crippen LogP contribution in [-0.2, 0) is 57.5 Å². The minimum absolute atomic E-state index is 0.0149. The van der Waals surface area contributed by atoms with E-state index in [-0.39, 0.29) is 63.0 Å². The Hall–Kier alpha value is -9.22. The highest BCUT2D eigenvalue weighted by atomic mass is 19.1. The molecule has 7 aromatic carbocycles. The Morgan fingerprint density at radius 2 is 1.32 bits per heavy atom. The van der Waals surface area contributed by atoms with Crippen molar-refractivity contribution >= 4 is 53.0 Å². The molecule has 3 aliphatic carbocycles. The van der Waals surface area contributed by atoms with Gasteiger partial charge in [-0.05, 0) is 161 Å². The summed E-state index contributed by atoms with van der Waals surface area (Å²) in [4.78, 5) is 50.7. The fourth-order valence-corrected chi connectivity index (χ4v) is 12.2. The van der Waals surface area contributed by atoms with Crippen molar-refractivity contribution in [1.82, 2.24) is 5.01 Å². The Kier molecular flexibility index (Phi) is 22.4. The maximum Gasteiger partial charge on any atom is 0.366 e. The average Bonchev–Trinajstić information content (AvgIpc) is 1.83. The number of hydrogen-bond acceptors (Lipinski definition) is 15. The van der Waals surface area contributed by atoms with Crippen LogP contribution in [-0.4, -0.2) is 108 Å². The van der Waals surface area contributed by atoms with E-state index < -0.39 is 23.7 Å². The normalized spacial score (nSPS) is 16.6. The first-order chi connectivity index (χ1) is 45.4. The number of carbonyl (C=O) groups is 4. The quantitative estimate of drug-likeness (QED) is 0.00557. The summed E-state index contributed by atoms with van der Waals surface area (Å²) < 4.78 is 64.4. The molecule has 7 aromatic rings. The van der Waals surface area contributed by atoms with Crippen molar-refractivity contribution in [3.8, 4) is 17.2 Å². The number of fused-ring (bicyclic) bond motifs is 5. The number of unbranched alkanes of at least 4 members (excludes halogenated alkanes) is 2. The van der Waals surface area contributed by atoms with Crippen molar-refractivity contribution in [3.05, 3.63) is 232 Å². The third-order valence-electron chi connectivity index (χ3n) is 17.3. The number of nitrogens with zero attached hydrogens (tertiary/aromatic N) is 2. The topological polar surface area (TPSA) is 167 Å². The molecule has 1 saturated heterocycles. The average molecular weight is 1260 g/mol. The van der Waals surface area contributed by atoms with Gasteiger partial charge in [-0.25, -0.2) is 14.4 Å². The number of aryl methyl sites for hydroxylation is 1. The van der Waals surface area contributed by atoms with Crippen molar-refractivity contribution in [2.45, 2.75) is 70.9 Å². The molecular formula is C77H79FN2O13. The van der Waals surface area contributed by atoms with Gasteiger partial charge in [0.2, 0.25) is 5.83 Å². The first-order valence-electron chi connectivity index (χ1n) is 32.2. The molecule has 4 aliphatic rings. The van der Waals surface area contributed by atoms with Crippen LogP contribution in [0.1, 0.15) is 117 Å². The van der Waals surface area contributed by atoms with Gasteiger partial charge >= 0.3 is 23.9 Å². The van der Waals surface area contributed by atoms with Crippen LogP contribution in [0.2, 0.25) is 0 Å². The molecule has 1 aliphatic heterocycles. The number of esters is 4. The summed E-state index contributed by atoms with van der Waals surface area (Å²) in [6.45, 7) is 9.66. The number of carbonyl (C=O) groups excluding carboxylic acids is 4. The molecule has 15 nitrogen and oxygen atoms in total. The van der Waals surface area contributed by atoms with Gasteiger partial charge in [0.05, 0.1) is 75.5 Å². The zero-order chi connectivity index (χ0) is 64.4. The Balaban J connectivity index is 0.734. The lowest BCUT2D eigenvalue weighted by molar-refractivity contribution is -0.149. The zero-order valence-corrected chi connectivity index (χ0v) is 52.6. The molecule has 0 spiro atoms. The second-order valence-corrected chi connectivity index (χ2v) is 24.4. The predicted octanol–water partition coefficient (Wildman–Crippen LogP) is 14.3. The van der Waals surface area contributed by atoms with Gasteiger partial charge in [-0.2, -0.15) is 9.49 Å². The highest BCUT2D eigenvalue weighted by molar-refractivity contribution is 6.05. The lowest BCUT2D eigenvalue weighted by Crippen LogP contribution is -2.43. The molecule has 1 heterocycles.